The molecule has 0 saturated carbocycles. The number of nitrogen functional groups attached to an aromatic ring is 1. The van der Waals surface area contributed by atoms with E-state index in [0.29, 0.717) is 17.9 Å². The first-order chi connectivity index (χ1) is 8.16. The average Bonchev–Trinajstić information content (AvgIpc) is 2.72. The zero-order chi connectivity index (χ0) is 12.3. The number of nitrogens with one attached hydrogen (secondary N) is 2. The predicted octanol–water partition coefficient (Wildman–Crippen LogP) is 0.625. The highest BCUT2D eigenvalue weighted by atomic mass is 16.1. The normalized spacial score (nSPS) is 10.2. The van der Waals surface area contributed by atoms with Gasteiger partial charge in [-0.15, -0.1) is 0 Å². The molecule has 0 aliphatic heterocycles. The molecule has 0 atom stereocenters. The standard InChI is InChI=1S/C11H13N5O/c1-7-2-8(4-13-3-7)11(17)14-5-9-6-15-16-10(9)12/h2-4,6H,5H2,1H3,(H,14,17)(H3,12,15,16). The third kappa shape index (κ3) is 2.60. The first kappa shape index (κ1) is 11.1. The highest BCUT2D eigenvalue weighted by Gasteiger charge is 2.07. The molecule has 0 unspecified atom stereocenters. The van der Waals surface area contributed by atoms with Crippen molar-refractivity contribution in [1.82, 2.24) is 20.5 Å². The van der Waals surface area contributed by atoms with Crippen molar-refractivity contribution in [3.63, 3.8) is 0 Å². The van der Waals surface area contributed by atoms with Crippen LogP contribution in [0.5, 0.6) is 0 Å². The van der Waals surface area contributed by atoms with E-state index in [-0.39, 0.29) is 5.91 Å². The van der Waals surface area contributed by atoms with Gasteiger partial charge in [0.15, 0.2) is 0 Å². The van der Waals surface area contributed by atoms with Crippen LogP contribution >= 0.6 is 0 Å². The van der Waals surface area contributed by atoms with Gasteiger partial charge in [-0.05, 0) is 18.6 Å². The number of hydrogen-bond acceptors (Lipinski definition) is 4. The second-order valence-corrected chi connectivity index (χ2v) is 3.74. The molecule has 88 valence electrons. The quantitative estimate of drug-likeness (QED) is 0.721. The van der Waals surface area contributed by atoms with Gasteiger partial charge in [-0.3, -0.25) is 14.9 Å². The zero-order valence-corrected chi connectivity index (χ0v) is 9.40. The van der Waals surface area contributed by atoms with Gasteiger partial charge in [-0.2, -0.15) is 5.10 Å². The fourth-order valence-electron chi connectivity index (χ4n) is 1.42. The van der Waals surface area contributed by atoms with Crippen LogP contribution in [-0.2, 0) is 6.54 Å². The number of H-pyrrole nitrogens is 1. The van der Waals surface area contributed by atoms with Crippen molar-refractivity contribution >= 4 is 11.7 Å². The molecule has 0 aliphatic rings. The van der Waals surface area contributed by atoms with Gasteiger partial charge in [0.2, 0.25) is 0 Å². The van der Waals surface area contributed by atoms with Gasteiger partial charge in [0.05, 0.1) is 11.8 Å². The molecule has 1 amide bonds. The molecule has 0 aliphatic carbocycles. The number of rotatable bonds is 3. The van der Waals surface area contributed by atoms with Crippen LogP contribution < -0.4 is 11.1 Å². The number of hydrogen-bond donors (Lipinski definition) is 3. The van der Waals surface area contributed by atoms with Crippen LogP contribution in [-0.4, -0.2) is 21.1 Å². The Kier molecular flexibility index (Phi) is 3.04. The second-order valence-electron chi connectivity index (χ2n) is 3.74. The van der Waals surface area contributed by atoms with Crippen LogP contribution in [0.2, 0.25) is 0 Å². The number of amides is 1. The van der Waals surface area contributed by atoms with E-state index in [0.717, 1.165) is 11.1 Å². The minimum atomic E-state index is -0.179. The van der Waals surface area contributed by atoms with Crippen molar-refractivity contribution in [3.8, 4) is 0 Å². The van der Waals surface area contributed by atoms with Crippen LogP contribution in [0.25, 0.3) is 0 Å². The Morgan fingerprint density at radius 2 is 2.29 bits per heavy atom. The van der Waals surface area contributed by atoms with Gasteiger partial charge >= 0.3 is 0 Å². The van der Waals surface area contributed by atoms with Gasteiger partial charge in [-0.25, -0.2) is 0 Å². The van der Waals surface area contributed by atoms with Gasteiger partial charge < -0.3 is 11.1 Å². The van der Waals surface area contributed by atoms with Gasteiger partial charge in [0.1, 0.15) is 5.82 Å². The van der Waals surface area contributed by atoms with E-state index >= 15 is 0 Å². The van der Waals surface area contributed by atoms with Gasteiger partial charge in [0.25, 0.3) is 5.91 Å². The minimum Gasteiger partial charge on any atom is -0.384 e. The molecule has 6 nitrogen and oxygen atoms in total. The molecule has 0 spiro atoms. The molecule has 0 fully saturated rings. The summed E-state index contributed by atoms with van der Waals surface area (Å²) in [5, 5.41) is 9.13. The molecule has 4 N–H and O–H groups in total. The molecule has 0 bridgehead atoms. The van der Waals surface area contributed by atoms with Crippen molar-refractivity contribution in [2.24, 2.45) is 0 Å². The molecular weight excluding hydrogens is 218 g/mol. The van der Waals surface area contributed by atoms with E-state index in [4.69, 9.17) is 5.73 Å². The minimum absolute atomic E-state index is 0.179. The maximum atomic E-state index is 11.8. The summed E-state index contributed by atoms with van der Waals surface area (Å²) in [6, 6.07) is 1.78. The number of aryl methyl sites for hydroxylation is 1. The number of anilines is 1. The number of carbonyl (C=O) groups is 1. The smallest absolute Gasteiger partial charge is 0.253 e. The molecule has 2 rings (SSSR count). The highest BCUT2D eigenvalue weighted by molar-refractivity contribution is 5.94. The number of nitrogens with two attached hydrogens (primary N) is 1. The number of aromatic nitrogens is 3. The summed E-state index contributed by atoms with van der Waals surface area (Å²) in [7, 11) is 0. The first-order valence-corrected chi connectivity index (χ1v) is 5.14. The molecular formula is C11H13N5O. The number of aromatic amines is 1. The van der Waals surface area contributed by atoms with E-state index in [1.807, 2.05) is 6.92 Å². The van der Waals surface area contributed by atoms with Gasteiger partial charge in [-0.1, -0.05) is 0 Å². The van der Waals surface area contributed by atoms with Crippen molar-refractivity contribution in [2.45, 2.75) is 13.5 Å². The number of carbonyl (C=O) groups excluding carboxylic acids is 1. The Labute approximate surface area is 98.3 Å². The van der Waals surface area contributed by atoms with Crippen molar-refractivity contribution < 1.29 is 4.79 Å². The summed E-state index contributed by atoms with van der Waals surface area (Å²) >= 11 is 0. The van der Waals surface area contributed by atoms with Crippen LogP contribution in [0.4, 0.5) is 5.82 Å². The first-order valence-electron chi connectivity index (χ1n) is 5.14. The van der Waals surface area contributed by atoms with Crippen LogP contribution in [0, 0.1) is 6.92 Å². The molecule has 17 heavy (non-hydrogen) atoms. The lowest BCUT2D eigenvalue weighted by Gasteiger charge is -2.04. The van der Waals surface area contributed by atoms with Crippen LogP contribution in [0.15, 0.2) is 24.7 Å². The molecule has 0 aromatic carbocycles. The Morgan fingerprint density at radius 1 is 1.47 bits per heavy atom. The third-order valence-electron chi connectivity index (χ3n) is 2.33. The Balaban J connectivity index is 2.01. The lowest BCUT2D eigenvalue weighted by atomic mass is 10.2. The summed E-state index contributed by atoms with van der Waals surface area (Å²) in [4.78, 5) is 15.7. The topological polar surface area (TPSA) is 96.7 Å². The number of pyridine rings is 1. The molecule has 2 aromatic rings. The summed E-state index contributed by atoms with van der Waals surface area (Å²) in [5.41, 5.74) is 7.85. The van der Waals surface area contributed by atoms with Crippen molar-refractivity contribution in [3.05, 3.63) is 41.3 Å². The van der Waals surface area contributed by atoms with E-state index in [1.165, 1.54) is 6.20 Å². The van der Waals surface area contributed by atoms with Crippen LogP contribution in [0.3, 0.4) is 0 Å². The molecule has 0 saturated heterocycles. The third-order valence-corrected chi connectivity index (χ3v) is 2.33. The molecule has 0 radical (unpaired) electrons. The van der Waals surface area contributed by atoms with Crippen molar-refractivity contribution in [2.75, 3.05) is 5.73 Å². The Bertz CT molecular complexity index is 534. The summed E-state index contributed by atoms with van der Waals surface area (Å²) in [6.07, 6.45) is 4.82. The van der Waals surface area contributed by atoms with E-state index < -0.39 is 0 Å². The summed E-state index contributed by atoms with van der Waals surface area (Å²) < 4.78 is 0. The zero-order valence-electron chi connectivity index (χ0n) is 9.40. The SMILES string of the molecule is Cc1cncc(C(=O)NCc2cn[nH]c2N)c1. The lowest BCUT2D eigenvalue weighted by Crippen LogP contribution is -2.23. The van der Waals surface area contributed by atoms with E-state index in [2.05, 4.69) is 20.5 Å². The maximum Gasteiger partial charge on any atom is 0.253 e. The van der Waals surface area contributed by atoms with Gasteiger partial charge in [0, 0.05) is 24.5 Å². The monoisotopic (exact) mass is 231 g/mol. The average molecular weight is 231 g/mol. The second kappa shape index (κ2) is 4.65. The largest absolute Gasteiger partial charge is 0.384 e. The van der Waals surface area contributed by atoms with Crippen LogP contribution in [0.1, 0.15) is 21.5 Å². The fraction of sp³-hybridized carbons (Fsp3) is 0.182. The Hall–Kier alpha value is -2.37. The summed E-state index contributed by atoms with van der Waals surface area (Å²) in [6.45, 7) is 2.23. The molecule has 2 aromatic heterocycles. The van der Waals surface area contributed by atoms with E-state index in [9.17, 15) is 4.79 Å². The highest BCUT2D eigenvalue weighted by Crippen LogP contribution is 2.06. The maximum absolute atomic E-state index is 11.8. The van der Waals surface area contributed by atoms with Crippen molar-refractivity contribution in [1.29, 1.82) is 0 Å². The number of nitrogens with zero attached hydrogens (tertiary/aromatic N) is 2. The Morgan fingerprint density at radius 3 is 2.94 bits per heavy atom. The molecule has 6 heteroatoms. The fourth-order valence-corrected chi connectivity index (χ4v) is 1.42. The summed E-state index contributed by atoms with van der Waals surface area (Å²) in [5.74, 6) is 0.287. The predicted molar refractivity (Wildman–Crippen MR) is 63.1 cm³/mol. The van der Waals surface area contributed by atoms with E-state index in [1.54, 1.807) is 18.5 Å². The molecule has 2 heterocycles. The lowest BCUT2D eigenvalue weighted by molar-refractivity contribution is 0.0950.